The molecule has 0 aromatic heterocycles. The van der Waals surface area contributed by atoms with Crippen molar-refractivity contribution in [2.75, 3.05) is 5.88 Å². The molecule has 0 N–H and O–H groups in total. The van der Waals surface area contributed by atoms with Crippen molar-refractivity contribution in [1.82, 2.24) is 0 Å². The van der Waals surface area contributed by atoms with Crippen LogP contribution in [0.5, 0.6) is 0 Å². The van der Waals surface area contributed by atoms with Crippen LogP contribution in [0, 0.1) is 0 Å². The van der Waals surface area contributed by atoms with E-state index in [4.69, 9.17) is 45.7 Å². The van der Waals surface area contributed by atoms with Crippen LogP contribution in [0.3, 0.4) is 0 Å². The predicted molar refractivity (Wildman–Crippen MR) is 48.6 cm³/mol. The van der Waals surface area contributed by atoms with Crippen LogP contribution in [0.25, 0.3) is 0 Å². The van der Waals surface area contributed by atoms with Crippen molar-refractivity contribution in [2.45, 2.75) is 6.42 Å². The molecule has 0 atom stereocenters. The van der Waals surface area contributed by atoms with Crippen molar-refractivity contribution >= 4 is 51.5 Å². The first kappa shape index (κ1) is 11.1. The average Bonchev–Trinajstić information content (AvgIpc) is 1.80. The van der Waals surface area contributed by atoms with E-state index in [1.54, 1.807) is 0 Å². The Hall–Kier alpha value is 1.13. The minimum Gasteiger partial charge on any atom is -0.284 e. The van der Waals surface area contributed by atoms with Gasteiger partial charge in [0.15, 0.2) is 0 Å². The first-order valence-corrected chi connectivity index (χ1v) is 6.86. The van der Waals surface area contributed by atoms with Crippen molar-refractivity contribution in [3.63, 3.8) is 0 Å². The number of rotatable bonds is 3. The smallest absolute Gasteiger partial charge is 0.278 e. The molecule has 0 aliphatic rings. The van der Waals surface area contributed by atoms with Crippen LogP contribution in [-0.4, -0.2) is 5.88 Å². The van der Waals surface area contributed by atoms with Crippen LogP contribution < -0.4 is 0 Å². The van der Waals surface area contributed by atoms with Crippen molar-refractivity contribution in [3.8, 4) is 0 Å². The number of halogens is 4. The van der Waals surface area contributed by atoms with Gasteiger partial charge in [-0.2, -0.15) is 0 Å². The Morgan fingerprint density at radius 3 is 2.10 bits per heavy atom. The summed E-state index contributed by atoms with van der Waals surface area (Å²) in [6, 6.07) is 0. The predicted octanol–water partition coefficient (Wildman–Crippen LogP) is 4.37. The largest absolute Gasteiger partial charge is 0.284 e. The molecule has 6 heteroatoms. The van der Waals surface area contributed by atoms with Gasteiger partial charge in [-0.15, -0.1) is 11.6 Å². The third-order valence-corrected chi connectivity index (χ3v) is 3.74. The molecular weight excluding hydrogens is 237 g/mol. The molecule has 0 aliphatic carbocycles. The SMILES string of the molecule is O=P(Cl)(Cl)C(=CCl)CCCl. The maximum absolute atomic E-state index is 10.9. The third-order valence-electron chi connectivity index (χ3n) is 0.811. The van der Waals surface area contributed by atoms with Crippen molar-refractivity contribution in [2.24, 2.45) is 0 Å². The maximum atomic E-state index is 10.9. The summed E-state index contributed by atoms with van der Waals surface area (Å²) in [6.07, 6.45) is 0.356. The Kier molecular flexibility index (Phi) is 5.45. The number of alkyl halides is 1. The normalized spacial score (nSPS) is 13.8. The van der Waals surface area contributed by atoms with Gasteiger partial charge >= 0.3 is 0 Å². The molecular formula is C4H5Cl4OP. The Labute approximate surface area is 79.2 Å². The standard InChI is InChI=1S/C4H5Cl4OP/c5-2-1-4(3-6)10(7,8)9/h3H,1-2H2. The lowest BCUT2D eigenvalue weighted by Crippen LogP contribution is -1.77. The van der Waals surface area contributed by atoms with E-state index in [2.05, 4.69) is 0 Å². The fourth-order valence-electron chi connectivity index (χ4n) is 0.338. The summed E-state index contributed by atoms with van der Waals surface area (Å²) < 4.78 is 10.9. The molecule has 0 unspecified atom stereocenters. The van der Waals surface area contributed by atoms with Gasteiger partial charge in [0.2, 0.25) is 0 Å². The van der Waals surface area contributed by atoms with E-state index in [-0.39, 0.29) is 0 Å². The average molecular weight is 242 g/mol. The molecule has 0 saturated heterocycles. The quantitative estimate of drug-likeness (QED) is 0.530. The molecule has 10 heavy (non-hydrogen) atoms. The van der Waals surface area contributed by atoms with E-state index in [0.29, 0.717) is 17.6 Å². The molecule has 0 saturated carbocycles. The summed E-state index contributed by atoms with van der Waals surface area (Å²) >= 11 is 21.2. The summed E-state index contributed by atoms with van der Waals surface area (Å²) in [7, 11) is 0. The third kappa shape index (κ3) is 4.10. The van der Waals surface area contributed by atoms with E-state index in [0.717, 1.165) is 5.54 Å². The highest BCUT2D eigenvalue weighted by Crippen LogP contribution is 2.64. The first-order chi connectivity index (χ1) is 4.52. The van der Waals surface area contributed by atoms with E-state index >= 15 is 0 Å². The topological polar surface area (TPSA) is 17.1 Å². The summed E-state index contributed by atoms with van der Waals surface area (Å²) in [5.74, 6) is -2.90. The first-order valence-electron chi connectivity index (χ1n) is 2.37. The van der Waals surface area contributed by atoms with Gasteiger partial charge in [0.05, 0.1) is 0 Å². The lowest BCUT2D eigenvalue weighted by atomic mass is 10.5. The fraction of sp³-hybridized carbons (Fsp3) is 0.500. The molecule has 0 aromatic rings. The van der Waals surface area contributed by atoms with Crippen LogP contribution in [0.2, 0.25) is 0 Å². The zero-order valence-corrected chi connectivity index (χ0v) is 8.78. The van der Waals surface area contributed by atoms with E-state index in [1.807, 2.05) is 0 Å². The maximum Gasteiger partial charge on any atom is 0.278 e. The monoisotopic (exact) mass is 240 g/mol. The minimum absolute atomic E-state index is 0.299. The van der Waals surface area contributed by atoms with Crippen LogP contribution in [0.15, 0.2) is 10.8 Å². The molecule has 1 nitrogen and oxygen atoms in total. The van der Waals surface area contributed by atoms with E-state index in [9.17, 15) is 4.57 Å². The zero-order chi connectivity index (χ0) is 8.20. The van der Waals surface area contributed by atoms with E-state index < -0.39 is 5.85 Å². The lowest BCUT2D eigenvalue weighted by Gasteiger charge is -2.02. The van der Waals surface area contributed by atoms with E-state index in [1.165, 1.54) is 0 Å². The van der Waals surface area contributed by atoms with Crippen LogP contribution in [-0.2, 0) is 4.57 Å². The number of allylic oxidation sites excluding steroid dienone is 1. The molecule has 60 valence electrons. The minimum atomic E-state index is -3.20. The fourth-order valence-corrected chi connectivity index (χ4v) is 2.78. The summed E-state index contributed by atoms with van der Waals surface area (Å²) in [5.41, 5.74) is 1.11. The van der Waals surface area contributed by atoms with Gasteiger partial charge in [0.1, 0.15) is 0 Å². The Balaban J connectivity index is 4.25. The second-order valence-electron chi connectivity index (χ2n) is 1.50. The lowest BCUT2D eigenvalue weighted by molar-refractivity contribution is 0.595. The highest BCUT2D eigenvalue weighted by molar-refractivity contribution is 8.11. The second-order valence-corrected chi connectivity index (χ2v) is 6.97. The molecule has 0 fully saturated rings. The zero-order valence-electron chi connectivity index (χ0n) is 4.86. The molecule has 0 aromatic carbocycles. The number of hydrogen-bond acceptors (Lipinski definition) is 1. The van der Waals surface area contributed by atoms with Crippen LogP contribution >= 0.6 is 51.5 Å². The van der Waals surface area contributed by atoms with Crippen LogP contribution in [0.4, 0.5) is 0 Å². The Morgan fingerprint density at radius 2 is 2.00 bits per heavy atom. The molecule has 0 aliphatic heterocycles. The number of hydrogen-bond donors (Lipinski definition) is 0. The van der Waals surface area contributed by atoms with Gasteiger partial charge in [-0.3, -0.25) is 4.57 Å². The molecule has 0 bridgehead atoms. The second kappa shape index (κ2) is 4.90. The molecule has 0 spiro atoms. The highest BCUT2D eigenvalue weighted by atomic mass is 35.9. The molecule has 0 rings (SSSR count). The van der Waals surface area contributed by atoms with Gasteiger partial charge in [-0.05, 0) is 28.9 Å². The van der Waals surface area contributed by atoms with Crippen molar-refractivity contribution in [1.29, 1.82) is 0 Å². The Morgan fingerprint density at radius 1 is 1.50 bits per heavy atom. The summed E-state index contributed by atoms with van der Waals surface area (Å²) in [4.78, 5) is 0. The van der Waals surface area contributed by atoms with Crippen LogP contribution in [0.1, 0.15) is 6.42 Å². The van der Waals surface area contributed by atoms with Gasteiger partial charge in [-0.1, -0.05) is 11.6 Å². The molecule has 0 heterocycles. The van der Waals surface area contributed by atoms with Gasteiger partial charge in [0, 0.05) is 16.7 Å². The summed E-state index contributed by atoms with van der Waals surface area (Å²) in [6.45, 7) is 0. The highest BCUT2D eigenvalue weighted by Gasteiger charge is 2.19. The van der Waals surface area contributed by atoms with Gasteiger partial charge in [-0.25, -0.2) is 0 Å². The van der Waals surface area contributed by atoms with Gasteiger partial charge in [0.25, 0.3) is 5.85 Å². The molecule has 0 amide bonds. The van der Waals surface area contributed by atoms with Gasteiger partial charge < -0.3 is 0 Å². The Bertz CT molecular complexity index is 172. The van der Waals surface area contributed by atoms with Crippen molar-refractivity contribution < 1.29 is 4.57 Å². The summed E-state index contributed by atoms with van der Waals surface area (Å²) in [5, 5.41) is 0.299. The molecule has 0 radical (unpaired) electrons. The van der Waals surface area contributed by atoms with Crippen molar-refractivity contribution in [3.05, 3.63) is 10.8 Å².